The molecule has 0 aliphatic heterocycles. The zero-order valence-corrected chi connectivity index (χ0v) is 12.3. The fourth-order valence-corrected chi connectivity index (χ4v) is 5.92. The van der Waals surface area contributed by atoms with Crippen molar-refractivity contribution in [1.82, 2.24) is 0 Å². The average Bonchev–Trinajstić information content (AvgIpc) is 2.35. The van der Waals surface area contributed by atoms with Gasteiger partial charge in [0, 0.05) is 17.7 Å². The quantitative estimate of drug-likeness (QED) is 0.867. The Morgan fingerprint density at radius 3 is 2.14 bits per heavy atom. The van der Waals surface area contributed by atoms with E-state index in [-0.39, 0.29) is 6.04 Å². The van der Waals surface area contributed by atoms with Gasteiger partial charge < -0.3 is 5.73 Å². The van der Waals surface area contributed by atoms with Crippen molar-refractivity contribution < 1.29 is 8.78 Å². The van der Waals surface area contributed by atoms with Gasteiger partial charge in [-0.1, -0.05) is 6.07 Å². The number of hydrogen-bond acceptors (Lipinski definition) is 1. The van der Waals surface area contributed by atoms with Crippen molar-refractivity contribution in [2.45, 2.75) is 51.0 Å². The number of halogens is 2. The van der Waals surface area contributed by atoms with Gasteiger partial charge >= 0.3 is 0 Å². The Balaban J connectivity index is 1.55. The van der Waals surface area contributed by atoms with E-state index in [0.29, 0.717) is 11.0 Å². The molecule has 1 nitrogen and oxygen atoms in total. The first-order valence-corrected chi connectivity index (χ1v) is 8.23. The molecule has 0 saturated heterocycles. The van der Waals surface area contributed by atoms with Crippen LogP contribution in [-0.2, 0) is 0 Å². The summed E-state index contributed by atoms with van der Waals surface area (Å²) in [5, 5.41) is 0. The van der Waals surface area contributed by atoms with E-state index in [9.17, 15) is 8.78 Å². The first kappa shape index (κ1) is 13.7. The molecule has 0 amide bonds. The molecule has 1 aromatic carbocycles. The maximum Gasteiger partial charge on any atom is 0.130 e. The molecule has 0 radical (unpaired) electrons. The highest BCUT2D eigenvalue weighted by Crippen LogP contribution is 2.62. The van der Waals surface area contributed by atoms with Crippen LogP contribution in [0, 0.1) is 34.8 Å². The lowest BCUT2D eigenvalue weighted by molar-refractivity contribution is -0.0606. The molecule has 4 saturated carbocycles. The van der Waals surface area contributed by atoms with E-state index in [0.717, 1.165) is 30.2 Å². The Kier molecular flexibility index (Phi) is 3.11. The van der Waals surface area contributed by atoms with Gasteiger partial charge in [-0.25, -0.2) is 8.78 Å². The van der Waals surface area contributed by atoms with E-state index in [4.69, 9.17) is 5.73 Å². The summed E-state index contributed by atoms with van der Waals surface area (Å²) in [7, 11) is 0. The van der Waals surface area contributed by atoms with Crippen LogP contribution in [0.4, 0.5) is 8.78 Å². The van der Waals surface area contributed by atoms with Crippen LogP contribution in [0.25, 0.3) is 0 Å². The van der Waals surface area contributed by atoms with Gasteiger partial charge in [0.05, 0.1) is 0 Å². The van der Waals surface area contributed by atoms with Crippen LogP contribution < -0.4 is 5.73 Å². The standard InChI is InChI=1S/C18H23F2N/c19-14-1-2-15(16(20)6-14)17(21)10-18-7-11-3-12(8-18)5-13(4-11)9-18/h1-2,6,11-13,17H,3-5,7-10,21H2. The zero-order chi connectivity index (χ0) is 14.6. The summed E-state index contributed by atoms with van der Waals surface area (Å²) in [4.78, 5) is 0. The summed E-state index contributed by atoms with van der Waals surface area (Å²) >= 11 is 0. The Bertz CT molecular complexity index is 519. The highest BCUT2D eigenvalue weighted by molar-refractivity contribution is 5.22. The lowest BCUT2D eigenvalue weighted by Crippen LogP contribution is -2.47. The zero-order valence-electron chi connectivity index (χ0n) is 12.3. The summed E-state index contributed by atoms with van der Waals surface area (Å²) in [6.07, 6.45) is 8.89. The van der Waals surface area contributed by atoms with Crippen LogP contribution in [0.5, 0.6) is 0 Å². The second-order valence-electron chi connectivity index (χ2n) is 7.89. The van der Waals surface area contributed by atoms with Crippen LogP contribution in [0.2, 0.25) is 0 Å². The van der Waals surface area contributed by atoms with Crippen molar-refractivity contribution in [2.75, 3.05) is 0 Å². The van der Waals surface area contributed by atoms with Crippen LogP contribution in [0.15, 0.2) is 18.2 Å². The van der Waals surface area contributed by atoms with Crippen molar-refractivity contribution in [3.63, 3.8) is 0 Å². The Hall–Kier alpha value is -0.960. The second kappa shape index (κ2) is 4.77. The van der Waals surface area contributed by atoms with Gasteiger partial charge in [0.2, 0.25) is 0 Å². The summed E-state index contributed by atoms with van der Waals surface area (Å²) in [5.74, 6) is 1.61. The maximum atomic E-state index is 13.9. The van der Waals surface area contributed by atoms with Crippen molar-refractivity contribution >= 4 is 0 Å². The van der Waals surface area contributed by atoms with Crippen LogP contribution in [0.3, 0.4) is 0 Å². The molecule has 3 heteroatoms. The van der Waals surface area contributed by atoms with Gasteiger partial charge in [-0.2, -0.15) is 0 Å². The van der Waals surface area contributed by atoms with Gasteiger partial charge in [-0.05, 0) is 74.2 Å². The van der Waals surface area contributed by atoms with Crippen molar-refractivity contribution in [2.24, 2.45) is 28.9 Å². The molecule has 4 aliphatic rings. The Morgan fingerprint density at radius 2 is 1.62 bits per heavy atom. The molecular weight excluding hydrogens is 268 g/mol. The smallest absolute Gasteiger partial charge is 0.130 e. The van der Waals surface area contributed by atoms with Crippen LogP contribution in [0.1, 0.15) is 56.6 Å². The topological polar surface area (TPSA) is 26.0 Å². The Labute approximate surface area is 124 Å². The lowest BCUT2D eigenvalue weighted by atomic mass is 9.48. The van der Waals surface area contributed by atoms with Crippen molar-refractivity contribution in [3.8, 4) is 0 Å². The molecule has 0 heterocycles. The minimum Gasteiger partial charge on any atom is -0.324 e. The molecule has 21 heavy (non-hydrogen) atoms. The van der Waals surface area contributed by atoms with E-state index in [1.807, 2.05) is 0 Å². The number of hydrogen-bond donors (Lipinski definition) is 1. The number of benzene rings is 1. The lowest BCUT2D eigenvalue weighted by Gasteiger charge is -2.57. The van der Waals surface area contributed by atoms with Crippen molar-refractivity contribution in [1.29, 1.82) is 0 Å². The third-order valence-corrected chi connectivity index (χ3v) is 6.18. The molecule has 2 N–H and O–H groups in total. The average molecular weight is 291 g/mol. The third kappa shape index (κ3) is 2.40. The van der Waals surface area contributed by atoms with E-state index < -0.39 is 11.6 Å². The molecule has 5 rings (SSSR count). The maximum absolute atomic E-state index is 13.9. The largest absolute Gasteiger partial charge is 0.324 e. The molecule has 4 bridgehead atoms. The third-order valence-electron chi connectivity index (χ3n) is 6.18. The summed E-state index contributed by atoms with van der Waals surface area (Å²) in [6, 6.07) is 3.49. The highest BCUT2D eigenvalue weighted by atomic mass is 19.1. The van der Waals surface area contributed by atoms with Gasteiger partial charge in [-0.15, -0.1) is 0 Å². The van der Waals surface area contributed by atoms with Gasteiger partial charge in [0.25, 0.3) is 0 Å². The fourth-order valence-electron chi connectivity index (χ4n) is 5.92. The summed E-state index contributed by atoms with van der Waals surface area (Å²) in [5.41, 5.74) is 7.11. The Morgan fingerprint density at radius 1 is 1.05 bits per heavy atom. The first-order valence-electron chi connectivity index (χ1n) is 8.23. The van der Waals surface area contributed by atoms with E-state index in [2.05, 4.69) is 0 Å². The normalized spacial score (nSPS) is 38.7. The highest BCUT2D eigenvalue weighted by Gasteiger charge is 2.51. The molecule has 114 valence electrons. The molecular formula is C18H23F2N. The van der Waals surface area contributed by atoms with Gasteiger partial charge in [-0.3, -0.25) is 0 Å². The van der Waals surface area contributed by atoms with E-state index >= 15 is 0 Å². The first-order chi connectivity index (χ1) is 10.0. The van der Waals surface area contributed by atoms with E-state index in [1.165, 1.54) is 50.7 Å². The second-order valence-corrected chi connectivity index (χ2v) is 7.89. The molecule has 4 fully saturated rings. The van der Waals surface area contributed by atoms with Crippen LogP contribution in [-0.4, -0.2) is 0 Å². The number of rotatable bonds is 3. The summed E-state index contributed by atoms with van der Waals surface area (Å²) in [6.45, 7) is 0. The number of nitrogens with two attached hydrogens (primary N) is 1. The molecule has 0 spiro atoms. The van der Waals surface area contributed by atoms with Crippen LogP contribution >= 0.6 is 0 Å². The minimum absolute atomic E-state index is 0.304. The van der Waals surface area contributed by atoms with Crippen molar-refractivity contribution in [3.05, 3.63) is 35.4 Å². The fraction of sp³-hybridized carbons (Fsp3) is 0.667. The molecule has 1 atom stereocenters. The molecule has 4 aliphatic carbocycles. The monoisotopic (exact) mass is 291 g/mol. The molecule has 1 unspecified atom stereocenters. The summed E-state index contributed by atoms with van der Waals surface area (Å²) < 4.78 is 27.0. The molecule has 0 aromatic heterocycles. The van der Waals surface area contributed by atoms with Gasteiger partial charge in [0.15, 0.2) is 0 Å². The van der Waals surface area contributed by atoms with Gasteiger partial charge in [0.1, 0.15) is 11.6 Å². The predicted octanol–water partition coefficient (Wildman–Crippen LogP) is 4.57. The SMILES string of the molecule is NC(CC12CC3CC(CC(C3)C1)C2)c1ccc(F)cc1F. The minimum atomic E-state index is -0.529. The van der Waals surface area contributed by atoms with E-state index in [1.54, 1.807) is 0 Å². The molecule has 1 aromatic rings. The predicted molar refractivity (Wildman–Crippen MR) is 78.5 cm³/mol.